The van der Waals surface area contributed by atoms with Gasteiger partial charge in [0.25, 0.3) is 0 Å². The second-order valence-corrected chi connectivity index (χ2v) is 5.67. The van der Waals surface area contributed by atoms with E-state index >= 15 is 0 Å². The van der Waals surface area contributed by atoms with E-state index in [0.717, 1.165) is 13.0 Å². The van der Waals surface area contributed by atoms with Gasteiger partial charge in [0.15, 0.2) is 0 Å². The van der Waals surface area contributed by atoms with Crippen molar-refractivity contribution in [3.63, 3.8) is 0 Å². The molecule has 1 aromatic carbocycles. The van der Waals surface area contributed by atoms with Gasteiger partial charge in [-0.1, -0.05) is 25.8 Å². The Hall–Kier alpha value is -1.18. The van der Waals surface area contributed by atoms with Crippen LogP contribution < -0.4 is 10.2 Å². The van der Waals surface area contributed by atoms with Crippen LogP contribution in [0.2, 0.25) is 0 Å². The van der Waals surface area contributed by atoms with Crippen molar-refractivity contribution in [2.24, 2.45) is 0 Å². The van der Waals surface area contributed by atoms with Crippen molar-refractivity contribution in [3.05, 3.63) is 23.8 Å². The number of fused-ring (bicyclic) bond motifs is 1. The number of nitrogens with zero attached hydrogens (tertiary/aromatic N) is 1. The average molecular weight is 230 g/mol. The van der Waals surface area contributed by atoms with Crippen LogP contribution in [0.3, 0.4) is 0 Å². The maximum absolute atomic E-state index is 3.81. The minimum Gasteiger partial charge on any atom is -0.376 e. The molecule has 0 amide bonds. The molecule has 0 unspecified atom stereocenters. The Balaban J connectivity index is 1.96. The van der Waals surface area contributed by atoms with Crippen LogP contribution in [0.5, 0.6) is 0 Å². The Labute approximate surface area is 104 Å². The molecule has 0 aromatic heterocycles. The SMILES string of the molecule is CCc1ccc2c(c1)N(C)CC1(CCCC1)N2. The molecule has 0 saturated heterocycles. The highest BCUT2D eigenvalue weighted by atomic mass is 15.2. The summed E-state index contributed by atoms with van der Waals surface area (Å²) in [4.78, 5) is 2.44. The zero-order valence-electron chi connectivity index (χ0n) is 10.9. The van der Waals surface area contributed by atoms with Crippen LogP contribution in [-0.4, -0.2) is 19.1 Å². The zero-order valence-corrected chi connectivity index (χ0v) is 10.9. The molecule has 1 aliphatic carbocycles. The molecule has 17 heavy (non-hydrogen) atoms. The second kappa shape index (κ2) is 3.94. The van der Waals surface area contributed by atoms with Crippen molar-refractivity contribution in [1.29, 1.82) is 0 Å². The van der Waals surface area contributed by atoms with E-state index in [1.807, 2.05) is 0 Å². The van der Waals surface area contributed by atoms with Crippen molar-refractivity contribution in [1.82, 2.24) is 0 Å². The van der Waals surface area contributed by atoms with Gasteiger partial charge in [-0.3, -0.25) is 0 Å². The highest BCUT2D eigenvalue weighted by molar-refractivity contribution is 5.74. The van der Waals surface area contributed by atoms with Crippen molar-refractivity contribution >= 4 is 11.4 Å². The number of anilines is 2. The third kappa shape index (κ3) is 1.80. The van der Waals surface area contributed by atoms with E-state index in [9.17, 15) is 0 Å². The lowest BCUT2D eigenvalue weighted by Crippen LogP contribution is -2.49. The standard InChI is InChI=1S/C15H22N2/c1-3-12-6-7-13-14(10-12)17(2)11-15(16-13)8-4-5-9-15/h6-7,10,16H,3-5,8-9,11H2,1-2H3. The Kier molecular flexibility index (Phi) is 2.53. The predicted octanol–water partition coefficient (Wildman–Crippen LogP) is 3.42. The molecule has 1 aromatic rings. The van der Waals surface area contributed by atoms with Gasteiger partial charge < -0.3 is 10.2 Å². The fraction of sp³-hybridized carbons (Fsp3) is 0.600. The molecule has 0 atom stereocenters. The molecule has 1 aliphatic heterocycles. The molecule has 92 valence electrons. The Bertz CT molecular complexity index is 419. The summed E-state index contributed by atoms with van der Waals surface area (Å²) in [5, 5.41) is 3.81. The van der Waals surface area contributed by atoms with Crippen LogP contribution in [0.1, 0.15) is 38.2 Å². The molecule has 0 radical (unpaired) electrons. The summed E-state index contributed by atoms with van der Waals surface area (Å²) in [6.45, 7) is 3.38. The van der Waals surface area contributed by atoms with Gasteiger partial charge in [0, 0.05) is 13.6 Å². The van der Waals surface area contributed by atoms with Crippen molar-refractivity contribution in [2.75, 3.05) is 23.8 Å². The third-order valence-electron chi connectivity index (χ3n) is 4.38. The normalized spacial score (nSPS) is 21.4. The summed E-state index contributed by atoms with van der Waals surface area (Å²) in [7, 11) is 2.24. The van der Waals surface area contributed by atoms with Gasteiger partial charge in [0.1, 0.15) is 0 Å². The van der Waals surface area contributed by atoms with Gasteiger partial charge in [0.2, 0.25) is 0 Å². The molecule has 2 heteroatoms. The molecule has 2 aliphatic rings. The monoisotopic (exact) mass is 230 g/mol. The van der Waals surface area contributed by atoms with Gasteiger partial charge in [-0.25, -0.2) is 0 Å². The molecule has 1 saturated carbocycles. The van der Waals surface area contributed by atoms with Gasteiger partial charge in [0.05, 0.1) is 16.9 Å². The number of rotatable bonds is 1. The Morgan fingerprint density at radius 2 is 2.06 bits per heavy atom. The van der Waals surface area contributed by atoms with E-state index in [-0.39, 0.29) is 0 Å². The van der Waals surface area contributed by atoms with Crippen LogP contribution in [0.15, 0.2) is 18.2 Å². The minimum absolute atomic E-state index is 0.357. The van der Waals surface area contributed by atoms with E-state index in [2.05, 4.69) is 42.4 Å². The Morgan fingerprint density at radius 3 is 2.76 bits per heavy atom. The van der Waals surface area contributed by atoms with Crippen LogP contribution in [0.25, 0.3) is 0 Å². The lowest BCUT2D eigenvalue weighted by Gasteiger charge is -2.42. The quantitative estimate of drug-likeness (QED) is 0.795. The summed E-state index contributed by atoms with van der Waals surface area (Å²) < 4.78 is 0. The van der Waals surface area contributed by atoms with Gasteiger partial charge >= 0.3 is 0 Å². The van der Waals surface area contributed by atoms with E-state index < -0.39 is 0 Å². The van der Waals surface area contributed by atoms with Crippen LogP contribution in [0.4, 0.5) is 11.4 Å². The number of aryl methyl sites for hydroxylation is 1. The van der Waals surface area contributed by atoms with Gasteiger partial charge in [-0.2, -0.15) is 0 Å². The summed E-state index contributed by atoms with van der Waals surface area (Å²) in [6, 6.07) is 6.86. The lowest BCUT2D eigenvalue weighted by molar-refractivity contribution is 0.472. The van der Waals surface area contributed by atoms with Gasteiger partial charge in [-0.15, -0.1) is 0 Å². The van der Waals surface area contributed by atoms with E-state index in [0.29, 0.717) is 5.54 Å². The van der Waals surface area contributed by atoms with Crippen LogP contribution >= 0.6 is 0 Å². The second-order valence-electron chi connectivity index (χ2n) is 5.67. The summed E-state index contributed by atoms with van der Waals surface area (Å²) in [5.74, 6) is 0. The fourth-order valence-electron chi connectivity index (χ4n) is 3.42. The largest absolute Gasteiger partial charge is 0.376 e. The molecular formula is C15H22N2. The summed E-state index contributed by atoms with van der Waals surface area (Å²) in [5.41, 5.74) is 4.50. The molecule has 0 bridgehead atoms. The van der Waals surface area contributed by atoms with E-state index in [1.165, 1.54) is 42.6 Å². The third-order valence-corrected chi connectivity index (χ3v) is 4.38. The first-order chi connectivity index (χ1) is 8.22. The minimum atomic E-state index is 0.357. The smallest absolute Gasteiger partial charge is 0.0603 e. The molecule has 1 heterocycles. The highest BCUT2D eigenvalue weighted by Crippen LogP contribution is 2.41. The van der Waals surface area contributed by atoms with Crippen molar-refractivity contribution in [3.8, 4) is 0 Å². The topological polar surface area (TPSA) is 15.3 Å². The maximum Gasteiger partial charge on any atom is 0.0603 e. The molecular weight excluding hydrogens is 208 g/mol. The first kappa shape index (κ1) is 10.9. The van der Waals surface area contributed by atoms with E-state index in [1.54, 1.807) is 0 Å². The average Bonchev–Trinajstić information content (AvgIpc) is 2.77. The fourth-order valence-corrected chi connectivity index (χ4v) is 3.42. The maximum atomic E-state index is 3.81. The number of benzene rings is 1. The first-order valence-electron chi connectivity index (χ1n) is 6.85. The molecule has 2 nitrogen and oxygen atoms in total. The lowest BCUT2D eigenvalue weighted by atomic mass is 9.92. The number of nitrogens with one attached hydrogen (secondary N) is 1. The summed E-state index contributed by atoms with van der Waals surface area (Å²) in [6.07, 6.45) is 6.53. The summed E-state index contributed by atoms with van der Waals surface area (Å²) >= 11 is 0. The zero-order chi connectivity index (χ0) is 11.9. The molecule has 1 spiro atoms. The van der Waals surface area contributed by atoms with Crippen molar-refractivity contribution in [2.45, 2.75) is 44.6 Å². The van der Waals surface area contributed by atoms with Crippen LogP contribution in [0, 0.1) is 0 Å². The number of hydrogen-bond donors (Lipinski definition) is 1. The number of hydrogen-bond acceptors (Lipinski definition) is 2. The number of likely N-dealkylation sites (N-methyl/N-ethyl adjacent to an activating group) is 1. The highest BCUT2D eigenvalue weighted by Gasteiger charge is 2.38. The first-order valence-corrected chi connectivity index (χ1v) is 6.85. The Morgan fingerprint density at radius 1 is 1.29 bits per heavy atom. The van der Waals surface area contributed by atoms with Crippen LogP contribution in [-0.2, 0) is 6.42 Å². The predicted molar refractivity (Wildman–Crippen MR) is 73.9 cm³/mol. The van der Waals surface area contributed by atoms with Crippen molar-refractivity contribution < 1.29 is 0 Å². The molecule has 1 fully saturated rings. The van der Waals surface area contributed by atoms with E-state index in [4.69, 9.17) is 0 Å². The molecule has 1 N–H and O–H groups in total. The molecule has 3 rings (SSSR count). The van der Waals surface area contributed by atoms with Gasteiger partial charge in [-0.05, 0) is 37.0 Å².